The summed E-state index contributed by atoms with van der Waals surface area (Å²) in [5.41, 5.74) is 0. The van der Waals surface area contributed by atoms with Gasteiger partial charge in [0, 0.05) is 13.3 Å². The van der Waals surface area contributed by atoms with Gasteiger partial charge in [0.2, 0.25) is 0 Å². The summed E-state index contributed by atoms with van der Waals surface area (Å²) in [5.74, 6) is -1.41. The zero-order valence-corrected chi connectivity index (χ0v) is 9.78. The van der Waals surface area contributed by atoms with Crippen LogP contribution in [-0.2, 0) is 14.3 Å². The van der Waals surface area contributed by atoms with Crippen LogP contribution in [0.1, 0.15) is 19.8 Å². The fourth-order valence-corrected chi connectivity index (χ4v) is 1.31. The van der Waals surface area contributed by atoms with E-state index in [4.69, 9.17) is 4.74 Å². The average molecular weight is 217 g/mol. The minimum atomic E-state index is -1.06. The molecule has 0 N–H and O–H groups in total. The van der Waals surface area contributed by atoms with Crippen LogP contribution in [0.3, 0.4) is 0 Å². The van der Waals surface area contributed by atoms with Gasteiger partial charge in [-0.3, -0.25) is 4.79 Å². The Hall–Kier alpha value is -1.10. The van der Waals surface area contributed by atoms with E-state index in [1.54, 1.807) is 21.1 Å². The molecular weight excluding hydrogens is 198 g/mol. The number of carbonyl (C=O) groups excluding carboxylic acids is 2. The number of hydrogen-bond acceptors (Lipinski definition) is 4. The van der Waals surface area contributed by atoms with Crippen LogP contribution in [-0.4, -0.2) is 50.2 Å². The first kappa shape index (κ1) is 13.9. The van der Waals surface area contributed by atoms with E-state index in [0.717, 1.165) is 0 Å². The van der Waals surface area contributed by atoms with E-state index in [1.165, 1.54) is 6.92 Å². The highest BCUT2D eigenvalue weighted by molar-refractivity contribution is 5.69. The maximum Gasteiger partial charge on any atom is 0.302 e. The van der Waals surface area contributed by atoms with Gasteiger partial charge in [0.15, 0.2) is 0 Å². The summed E-state index contributed by atoms with van der Waals surface area (Å²) < 4.78 is 5.03. The first-order valence-electron chi connectivity index (χ1n) is 4.90. The topological polar surface area (TPSA) is 66.4 Å². The highest BCUT2D eigenvalue weighted by Crippen LogP contribution is 2.09. The first-order valence-corrected chi connectivity index (χ1v) is 4.90. The number of likely N-dealkylation sites (N-methyl/N-ethyl adjacent to an activating group) is 1. The molecule has 0 aromatic carbocycles. The molecule has 0 fully saturated rings. The summed E-state index contributed by atoms with van der Waals surface area (Å²) in [5, 5.41) is 10.8. The van der Waals surface area contributed by atoms with Gasteiger partial charge in [0.1, 0.15) is 6.04 Å². The third kappa shape index (κ3) is 6.06. The van der Waals surface area contributed by atoms with E-state index in [0.29, 0.717) is 17.3 Å². The van der Waals surface area contributed by atoms with Gasteiger partial charge in [-0.15, -0.1) is 0 Å². The van der Waals surface area contributed by atoms with E-state index >= 15 is 0 Å². The van der Waals surface area contributed by atoms with E-state index in [2.05, 4.69) is 0 Å². The summed E-state index contributed by atoms with van der Waals surface area (Å²) in [6, 6.07) is -0.569. The molecule has 5 heteroatoms. The van der Waals surface area contributed by atoms with Crippen molar-refractivity contribution in [3.8, 4) is 0 Å². The molecule has 1 atom stereocenters. The molecular formula is C10H19NO4. The van der Waals surface area contributed by atoms with Gasteiger partial charge in [-0.1, -0.05) is 0 Å². The van der Waals surface area contributed by atoms with E-state index in [1.807, 2.05) is 0 Å². The van der Waals surface area contributed by atoms with Gasteiger partial charge in [-0.2, -0.15) is 0 Å². The number of esters is 1. The summed E-state index contributed by atoms with van der Waals surface area (Å²) in [4.78, 5) is 21.3. The van der Waals surface area contributed by atoms with Gasteiger partial charge in [0.25, 0.3) is 0 Å². The number of hydrogen-bond donors (Lipinski definition) is 0. The van der Waals surface area contributed by atoms with Crippen molar-refractivity contribution < 1.29 is 23.9 Å². The van der Waals surface area contributed by atoms with Crippen molar-refractivity contribution in [2.24, 2.45) is 0 Å². The van der Waals surface area contributed by atoms with Gasteiger partial charge in [-0.05, 0) is 6.42 Å². The molecule has 0 heterocycles. The second-order valence-electron chi connectivity index (χ2n) is 4.43. The third-order valence-corrected chi connectivity index (χ3v) is 2.13. The Labute approximate surface area is 90.2 Å². The van der Waals surface area contributed by atoms with Gasteiger partial charge in [-0.25, -0.2) is 0 Å². The summed E-state index contributed by atoms with van der Waals surface area (Å²) in [6.07, 6.45) is 0.979. The van der Waals surface area contributed by atoms with Gasteiger partial charge < -0.3 is 19.1 Å². The average Bonchev–Trinajstić information content (AvgIpc) is 1.99. The highest BCUT2D eigenvalue weighted by atomic mass is 16.5. The minimum Gasteiger partial charge on any atom is -0.544 e. The van der Waals surface area contributed by atoms with Gasteiger partial charge in [0.05, 0.1) is 33.7 Å². The Morgan fingerprint density at radius 2 is 1.87 bits per heavy atom. The molecule has 0 aliphatic carbocycles. The lowest BCUT2D eigenvalue weighted by Gasteiger charge is -2.34. The monoisotopic (exact) mass is 217 g/mol. The maximum absolute atomic E-state index is 10.8. The quantitative estimate of drug-likeness (QED) is 0.330. The fourth-order valence-electron chi connectivity index (χ4n) is 1.31. The van der Waals surface area contributed by atoms with E-state index in [-0.39, 0.29) is 12.6 Å². The van der Waals surface area contributed by atoms with Gasteiger partial charge >= 0.3 is 5.97 Å². The second kappa shape index (κ2) is 5.70. The van der Waals surface area contributed by atoms with Crippen molar-refractivity contribution in [3.05, 3.63) is 0 Å². The Kier molecular flexibility index (Phi) is 5.28. The molecule has 0 aliphatic rings. The Morgan fingerprint density at radius 1 is 1.33 bits per heavy atom. The Bertz CT molecular complexity index is 232. The van der Waals surface area contributed by atoms with Crippen molar-refractivity contribution in [3.63, 3.8) is 0 Å². The highest BCUT2D eigenvalue weighted by Gasteiger charge is 2.24. The first-order chi connectivity index (χ1) is 6.75. The summed E-state index contributed by atoms with van der Waals surface area (Å²) in [6.45, 7) is 1.59. The molecule has 0 aliphatic heterocycles. The smallest absolute Gasteiger partial charge is 0.302 e. The lowest BCUT2D eigenvalue weighted by molar-refractivity contribution is -0.889. The number of quaternary nitrogens is 1. The summed E-state index contributed by atoms with van der Waals surface area (Å²) in [7, 11) is 5.39. The molecule has 0 saturated carbocycles. The van der Waals surface area contributed by atoms with Crippen LogP contribution in [0, 0.1) is 0 Å². The van der Waals surface area contributed by atoms with Crippen LogP contribution >= 0.6 is 0 Å². The van der Waals surface area contributed by atoms with Crippen LogP contribution < -0.4 is 5.11 Å². The fraction of sp³-hybridized carbons (Fsp3) is 0.800. The van der Waals surface area contributed by atoms with E-state index < -0.39 is 12.0 Å². The van der Waals surface area contributed by atoms with Crippen LogP contribution in [0.4, 0.5) is 0 Å². The lowest BCUT2D eigenvalue weighted by Crippen LogP contribution is -2.54. The van der Waals surface area contributed by atoms with Crippen LogP contribution in [0.25, 0.3) is 0 Å². The molecule has 0 spiro atoms. The minimum absolute atomic E-state index is 0.263. The number of nitrogens with zero attached hydrogens (tertiary/aromatic N) is 1. The molecule has 1 unspecified atom stereocenters. The molecule has 0 bridgehead atoms. The summed E-state index contributed by atoms with van der Waals surface area (Å²) >= 11 is 0. The normalized spacial score (nSPS) is 13.3. The molecule has 0 aromatic rings. The molecule has 88 valence electrons. The largest absolute Gasteiger partial charge is 0.544 e. The number of carboxylic acids is 1. The number of ether oxygens (including phenoxy) is 1. The standard InChI is InChI=1S/C10H19NO4/c1-8(12)15-7-5-6-9(10(13)14)11(2,3)4/h9H,5-7H2,1-4H3. The number of carboxylic acid groups (broad SMARTS) is 1. The number of aliphatic carboxylic acids is 1. The molecule has 5 nitrogen and oxygen atoms in total. The lowest BCUT2D eigenvalue weighted by atomic mass is 10.1. The number of rotatable bonds is 6. The molecule has 0 amide bonds. The SMILES string of the molecule is CC(=O)OCCCC(C(=O)[O-])[N+](C)(C)C. The van der Waals surface area contributed by atoms with Crippen molar-refractivity contribution in [2.45, 2.75) is 25.8 Å². The molecule has 0 rings (SSSR count). The molecule has 15 heavy (non-hydrogen) atoms. The Balaban J connectivity index is 3.99. The zero-order valence-electron chi connectivity index (χ0n) is 9.78. The Morgan fingerprint density at radius 3 is 2.20 bits per heavy atom. The van der Waals surface area contributed by atoms with Crippen LogP contribution in [0.5, 0.6) is 0 Å². The predicted octanol–water partition coefficient (Wildman–Crippen LogP) is -0.846. The van der Waals surface area contributed by atoms with E-state index in [9.17, 15) is 14.7 Å². The van der Waals surface area contributed by atoms with Crippen molar-refractivity contribution in [2.75, 3.05) is 27.7 Å². The predicted molar refractivity (Wildman–Crippen MR) is 52.7 cm³/mol. The molecule has 0 radical (unpaired) electrons. The third-order valence-electron chi connectivity index (χ3n) is 2.13. The maximum atomic E-state index is 10.8. The molecule has 0 saturated heterocycles. The second-order valence-corrected chi connectivity index (χ2v) is 4.43. The number of carbonyl (C=O) groups is 2. The van der Waals surface area contributed by atoms with Crippen molar-refractivity contribution in [1.29, 1.82) is 0 Å². The van der Waals surface area contributed by atoms with Crippen LogP contribution in [0.15, 0.2) is 0 Å². The van der Waals surface area contributed by atoms with Crippen LogP contribution in [0.2, 0.25) is 0 Å². The van der Waals surface area contributed by atoms with Crippen molar-refractivity contribution >= 4 is 11.9 Å². The molecule has 0 aromatic heterocycles. The van der Waals surface area contributed by atoms with Crippen molar-refractivity contribution in [1.82, 2.24) is 0 Å². The zero-order chi connectivity index (χ0) is 12.1.